The summed E-state index contributed by atoms with van der Waals surface area (Å²) in [6.45, 7) is 2.39. The molecule has 0 atom stereocenters. The number of hydrogen-bond acceptors (Lipinski definition) is 2. The molecule has 0 aromatic heterocycles. The maximum absolute atomic E-state index is 11.4. The molecule has 0 amide bonds. The molecule has 0 bridgehead atoms. The van der Waals surface area contributed by atoms with Crippen molar-refractivity contribution in [1.82, 2.24) is 0 Å². The van der Waals surface area contributed by atoms with Crippen LogP contribution in [0.2, 0.25) is 0 Å². The van der Waals surface area contributed by atoms with Gasteiger partial charge in [0.05, 0.1) is 5.57 Å². The average Bonchev–Trinajstić information content (AvgIpc) is 1.83. The van der Waals surface area contributed by atoms with Crippen LogP contribution in [-0.4, -0.2) is 18.2 Å². The summed E-state index contributed by atoms with van der Waals surface area (Å²) < 4.78 is 34.2. The van der Waals surface area contributed by atoms with Gasteiger partial charge in [0.25, 0.3) is 0 Å². The second-order valence-electron chi connectivity index (χ2n) is 1.46. The molecule has 0 rings (SSSR count). The van der Waals surface area contributed by atoms with E-state index in [1.807, 2.05) is 0 Å². The van der Waals surface area contributed by atoms with Gasteiger partial charge in [-0.1, -0.05) is 6.58 Å². The van der Waals surface area contributed by atoms with Gasteiger partial charge in [-0.15, -0.1) is 0 Å². The molecule has 0 unspecified atom stereocenters. The van der Waals surface area contributed by atoms with E-state index in [1.165, 1.54) is 0 Å². The number of halogens is 3. The normalized spacial score (nSPS) is 10.7. The zero-order valence-electron chi connectivity index (χ0n) is 4.73. The molecule has 10 heavy (non-hydrogen) atoms. The lowest BCUT2D eigenvalue weighted by Crippen LogP contribution is -2.19. The van der Waals surface area contributed by atoms with Crippen molar-refractivity contribution in [1.29, 1.82) is 0 Å². The van der Waals surface area contributed by atoms with Gasteiger partial charge in [-0.3, -0.25) is 9.59 Å². The summed E-state index contributed by atoms with van der Waals surface area (Å²) in [5.74, 6) is -1.63. The van der Waals surface area contributed by atoms with Gasteiger partial charge in [-0.2, -0.15) is 13.2 Å². The van der Waals surface area contributed by atoms with Crippen molar-refractivity contribution in [3.8, 4) is 0 Å². The quantitative estimate of drug-likeness (QED) is 0.334. The zero-order chi connectivity index (χ0) is 8.36. The highest BCUT2D eigenvalue weighted by molar-refractivity contribution is 6.33. The minimum atomic E-state index is -4.79. The summed E-state index contributed by atoms with van der Waals surface area (Å²) in [6.07, 6.45) is -5.21. The third-order valence-electron chi connectivity index (χ3n) is 0.747. The predicted octanol–water partition coefficient (Wildman–Crippen LogP) is 0.873. The zero-order valence-corrected chi connectivity index (χ0v) is 4.73. The minimum absolute atomic E-state index is 0.421. The largest absolute Gasteiger partial charge is 0.419 e. The first-order valence-electron chi connectivity index (χ1n) is 2.15. The number of carbonyl (C=O) groups excluding carboxylic acids is 2. The first kappa shape index (κ1) is 8.87. The van der Waals surface area contributed by atoms with Gasteiger partial charge in [-0.05, 0) is 0 Å². The van der Waals surface area contributed by atoms with Crippen molar-refractivity contribution in [2.24, 2.45) is 0 Å². The van der Waals surface area contributed by atoms with E-state index < -0.39 is 23.8 Å². The molecule has 0 aliphatic heterocycles. The molecule has 0 heterocycles. The third kappa shape index (κ3) is 2.00. The van der Waals surface area contributed by atoms with E-state index in [-0.39, 0.29) is 0 Å². The second-order valence-corrected chi connectivity index (χ2v) is 1.46. The Balaban J connectivity index is 4.38. The fraction of sp³-hybridized carbons (Fsp3) is 0.200. The van der Waals surface area contributed by atoms with Crippen molar-refractivity contribution in [2.45, 2.75) is 6.18 Å². The maximum Gasteiger partial charge on any atom is 0.419 e. The van der Waals surface area contributed by atoms with E-state index in [4.69, 9.17) is 0 Å². The highest BCUT2D eigenvalue weighted by Crippen LogP contribution is 2.23. The number of rotatable bonds is 2. The molecule has 2 nitrogen and oxygen atoms in total. The van der Waals surface area contributed by atoms with E-state index in [1.54, 1.807) is 0 Å². The SMILES string of the molecule is C=C(C(=O)C=O)C(F)(F)F. The van der Waals surface area contributed by atoms with Gasteiger partial charge in [0, 0.05) is 0 Å². The monoisotopic (exact) mass is 152 g/mol. The Morgan fingerprint density at radius 3 is 1.90 bits per heavy atom. The lowest BCUT2D eigenvalue weighted by atomic mass is 10.2. The Labute approximate surface area is 54.3 Å². The van der Waals surface area contributed by atoms with Crippen molar-refractivity contribution >= 4 is 12.1 Å². The van der Waals surface area contributed by atoms with Crippen molar-refractivity contribution in [2.75, 3.05) is 0 Å². The molecule has 0 fully saturated rings. The molecule has 0 saturated heterocycles. The molecular weight excluding hydrogens is 149 g/mol. The predicted molar refractivity (Wildman–Crippen MR) is 26.3 cm³/mol. The number of alkyl halides is 3. The fourth-order valence-electron chi connectivity index (χ4n) is 0.211. The van der Waals surface area contributed by atoms with Crippen LogP contribution in [0.1, 0.15) is 0 Å². The van der Waals surface area contributed by atoms with Gasteiger partial charge in [0.2, 0.25) is 5.78 Å². The first-order valence-corrected chi connectivity index (χ1v) is 2.15. The highest BCUT2D eigenvalue weighted by atomic mass is 19.4. The Morgan fingerprint density at radius 1 is 1.40 bits per heavy atom. The number of Topliss-reactive ketones (excluding diaryl/α,β-unsaturated/α-hetero) is 1. The molecule has 0 aromatic rings. The molecule has 56 valence electrons. The number of allylic oxidation sites excluding steroid dienone is 1. The van der Waals surface area contributed by atoms with Crippen LogP contribution < -0.4 is 0 Å². The van der Waals surface area contributed by atoms with Gasteiger partial charge in [0.1, 0.15) is 0 Å². The van der Waals surface area contributed by atoms with Crippen molar-refractivity contribution in [3.05, 3.63) is 12.2 Å². The number of hydrogen-bond donors (Lipinski definition) is 0. The Hall–Kier alpha value is -1.13. The standard InChI is InChI=1S/C5H3F3O2/c1-3(4(10)2-9)5(6,7)8/h2H,1H2. The molecule has 0 aliphatic carbocycles. The maximum atomic E-state index is 11.4. The van der Waals surface area contributed by atoms with Crippen molar-refractivity contribution in [3.63, 3.8) is 0 Å². The van der Waals surface area contributed by atoms with Crippen LogP contribution >= 0.6 is 0 Å². The topological polar surface area (TPSA) is 34.1 Å². The van der Waals surface area contributed by atoms with E-state index in [0.717, 1.165) is 0 Å². The molecule has 0 N–H and O–H groups in total. The Kier molecular flexibility index (Phi) is 2.34. The van der Waals surface area contributed by atoms with E-state index >= 15 is 0 Å². The van der Waals surface area contributed by atoms with E-state index in [9.17, 15) is 22.8 Å². The van der Waals surface area contributed by atoms with E-state index in [2.05, 4.69) is 6.58 Å². The number of carbonyl (C=O) groups is 2. The first-order chi connectivity index (χ1) is 4.39. The van der Waals surface area contributed by atoms with Crippen LogP contribution in [0.3, 0.4) is 0 Å². The summed E-state index contributed by atoms with van der Waals surface area (Å²) in [5.41, 5.74) is -1.64. The summed E-state index contributed by atoms with van der Waals surface area (Å²) in [7, 11) is 0. The minimum Gasteiger partial charge on any atom is -0.294 e. The van der Waals surface area contributed by atoms with Gasteiger partial charge in [-0.25, -0.2) is 0 Å². The lowest BCUT2D eigenvalue weighted by molar-refractivity contribution is -0.135. The van der Waals surface area contributed by atoms with Gasteiger partial charge < -0.3 is 0 Å². The van der Waals surface area contributed by atoms with Crippen LogP contribution in [0.5, 0.6) is 0 Å². The Bertz CT molecular complexity index is 180. The molecule has 0 spiro atoms. The van der Waals surface area contributed by atoms with Crippen LogP contribution in [0, 0.1) is 0 Å². The molecule has 0 aromatic carbocycles. The number of ketones is 1. The van der Waals surface area contributed by atoms with Crippen LogP contribution in [0.4, 0.5) is 13.2 Å². The van der Waals surface area contributed by atoms with Crippen LogP contribution in [0.15, 0.2) is 12.2 Å². The summed E-state index contributed by atoms with van der Waals surface area (Å²) >= 11 is 0. The molecule has 0 saturated carbocycles. The highest BCUT2D eigenvalue weighted by Gasteiger charge is 2.36. The van der Waals surface area contributed by atoms with E-state index in [0.29, 0.717) is 0 Å². The number of aldehydes is 1. The average molecular weight is 152 g/mol. The fourth-order valence-corrected chi connectivity index (χ4v) is 0.211. The second kappa shape index (κ2) is 2.64. The summed E-state index contributed by atoms with van der Waals surface area (Å²) in [6, 6.07) is 0. The lowest BCUT2D eigenvalue weighted by Gasteiger charge is -2.03. The van der Waals surface area contributed by atoms with Crippen LogP contribution in [-0.2, 0) is 9.59 Å². The van der Waals surface area contributed by atoms with Crippen LogP contribution in [0.25, 0.3) is 0 Å². The van der Waals surface area contributed by atoms with Crippen molar-refractivity contribution < 1.29 is 22.8 Å². The smallest absolute Gasteiger partial charge is 0.294 e. The summed E-state index contributed by atoms with van der Waals surface area (Å²) in [5, 5.41) is 0. The molecule has 0 radical (unpaired) electrons. The summed E-state index contributed by atoms with van der Waals surface area (Å²) in [4.78, 5) is 19.5. The third-order valence-corrected chi connectivity index (χ3v) is 0.747. The van der Waals surface area contributed by atoms with Gasteiger partial charge in [0.15, 0.2) is 6.29 Å². The molecular formula is C5H3F3O2. The molecule has 0 aliphatic rings. The Morgan fingerprint density at radius 2 is 1.80 bits per heavy atom. The molecule has 5 heteroatoms. The van der Waals surface area contributed by atoms with Gasteiger partial charge >= 0.3 is 6.18 Å².